The van der Waals surface area contributed by atoms with Gasteiger partial charge < -0.3 is 10.6 Å². The molecule has 0 fully saturated rings. The molecule has 2 N–H and O–H groups in total. The van der Waals surface area contributed by atoms with Crippen LogP contribution < -0.4 is 5.73 Å². The van der Waals surface area contributed by atoms with Crippen LogP contribution in [0.2, 0.25) is 0 Å². The van der Waals surface area contributed by atoms with E-state index in [1.807, 2.05) is 13.1 Å². The number of nitrogens with two attached hydrogens (primary N) is 1. The molecule has 0 aliphatic heterocycles. The number of benzene rings is 1. The van der Waals surface area contributed by atoms with Crippen LogP contribution in [0.3, 0.4) is 0 Å². The van der Waals surface area contributed by atoms with Crippen molar-refractivity contribution < 1.29 is 4.39 Å². The minimum absolute atomic E-state index is 0.102. The van der Waals surface area contributed by atoms with E-state index in [1.54, 1.807) is 29.5 Å². The highest BCUT2D eigenvalue weighted by atomic mass is 32.1. The molecule has 0 unspecified atom stereocenters. The first-order chi connectivity index (χ1) is 9.58. The summed E-state index contributed by atoms with van der Waals surface area (Å²) in [5.41, 5.74) is 6.47. The third kappa shape index (κ3) is 3.85. The molecule has 2 nitrogen and oxygen atoms in total. The van der Waals surface area contributed by atoms with Crippen molar-refractivity contribution in [3.8, 4) is 0 Å². The number of hydrogen-bond acceptors (Lipinski definition) is 3. The van der Waals surface area contributed by atoms with Gasteiger partial charge in [0.2, 0.25) is 0 Å². The van der Waals surface area contributed by atoms with Crippen LogP contribution in [0.25, 0.3) is 0 Å². The molecule has 0 amide bonds. The van der Waals surface area contributed by atoms with E-state index in [9.17, 15) is 4.39 Å². The van der Waals surface area contributed by atoms with E-state index in [4.69, 9.17) is 18.0 Å². The number of thiophene rings is 1. The van der Waals surface area contributed by atoms with E-state index in [1.165, 1.54) is 4.88 Å². The maximum absolute atomic E-state index is 14.2. The summed E-state index contributed by atoms with van der Waals surface area (Å²) in [6, 6.07) is 9.35. The Hall–Kier alpha value is -1.30. The van der Waals surface area contributed by atoms with Crippen molar-refractivity contribution in [2.45, 2.75) is 13.0 Å². The summed E-state index contributed by atoms with van der Waals surface area (Å²) in [6.45, 7) is 1.44. The zero-order chi connectivity index (χ0) is 14.5. The summed E-state index contributed by atoms with van der Waals surface area (Å²) < 4.78 is 14.2. The smallest absolute Gasteiger partial charge is 0.137 e. The molecule has 0 aliphatic carbocycles. The highest BCUT2D eigenvalue weighted by Crippen LogP contribution is 2.15. The first-order valence-electron chi connectivity index (χ1n) is 6.36. The standard InChI is InChI=1S/C15H17FN2S2/c1-18(8-7-12-5-3-9-20-12)10-11-4-2-6-13(14(11)16)15(17)19/h2-6,9H,7-8,10H2,1H3,(H2,17,19). The Bertz CT molecular complexity index is 582. The molecule has 2 aromatic rings. The van der Waals surface area contributed by atoms with Gasteiger partial charge in [-0.05, 0) is 31.0 Å². The van der Waals surface area contributed by atoms with Crippen LogP contribution in [-0.4, -0.2) is 23.5 Å². The molecule has 5 heteroatoms. The Morgan fingerprint density at radius 3 is 2.80 bits per heavy atom. The normalized spacial score (nSPS) is 10.9. The molecule has 0 bridgehead atoms. The van der Waals surface area contributed by atoms with Crippen LogP contribution in [0.15, 0.2) is 35.7 Å². The lowest BCUT2D eigenvalue weighted by Gasteiger charge is -2.17. The molecular formula is C15H17FN2S2. The number of rotatable bonds is 6. The molecule has 0 aliphatic rings. The van der Waals surface area contributed by atoms with Crippen LogP contribution in [0, 0.1) is 5.82 Å². The summed E-state index contributed by atoms with van der Waals surface area (Å²) in [7, 11) is 1.99. The van der Waals surface area contributed by atoms with E-state index >= 15 is 0 Å². The minimum Gasteiger partial charge on any atom is -0.389 e. The third-order valence-corrected chi connectivity index (χ3v) is 4.26. The first kappa shape index (κ1) is 15.1. The molecule has 2 rings (SSSR count). The SMILES string of the molecule is CN(CCc1cccs1)Cc1cccc(C(N)=S)c1F. The first-order valence-corrected chi connectivity index (χ1v) is 7.65. The molecular weight excluding hydrogens is 291 g/mol. The Labute approximate surface area is 128 Å². The predicted molar refractivity (Wildman–Crippen MR) is 86.6 cm³/mol. The van der Waals surface area contributed by atoms with Crippen LogP contribution >= 0.6 is 23.6 Å². The maximum atomic E-state index is 14.2. The largest absolute Gasteiger partial charge is 0.389 e. The predicted octanol–water partition coefficient (Wildman–Crippen LogP) is 3.20. The molecule has 0 radical (unpaired) electrons. The Morgan fingerprint density at radius 2 is 2.15 bits per heavy atom. The second-order valence-corrected chi connectivity index (χ2v) is 6.18. The summed E-state index contributed by atoms with van der Waals surface area (Å²) in [5, 5.41) is 2.07. The fourth-order valence-corrected chi connectivity index (χ4v) is 2.87. The lowest BCUT2D eigenvalue weighted by Crippen LogP contribution is -2.22. The summed E-state index contributed by atoms with van der Waals surface area (Å²) in [5.74, 6) is -0.303. The van der Waals surface area contributed by atoms with Gasteiger partial charge in [-0.1, -0.05) is 30.4 Å². The molecule has 106 valence electrons. The zero-order valence-corrected chi connectivity index (χ0v) is 12.9. The van der Waals surface area contributed by atoms with Gasteiger partial charge in [0.15, 0.2) is 0 Å². The molecule has 0 spiro atoms. The topological polar surface area (TPSA) is 29.3 Å². The van der Waals surface area contributed by atoms with Crippen molar-refractivity contribution in [2.24, 2.45) is 5.73 Å². The van der Waals surface area contributed by atoms with Crippen molar-refractivity contribution in [1.82, 2.24) is 4.90 Å². The number of likely N-dealkylation sites (N-methyl/N-ethyl adjacent to an activating group) is 1. The van der Waals surface area contributed by atoms with Crippen LogP contribution in [0.4, 0.5) is 4.39 Å². The molecule has 1 aromatic heterocycles. The van der Waals surface area contributed by atoms with Gasteiger partial charge in [0.1, 0.15) is 10.8 Å². The van der Waals surface area contributed by atoms with Gasteiger partial charge >= 0.3 is 0 Å². The van der Waals surface area contributed by atoms with Crippen LogP contribution in [0.1, 0.15) is 16.0 Å². The highest BCUT2D eigenvalue weighted by Gasteiger charge is 2.11. The Kier molecular flexibility index (Phi) is 5.23. The molecule has 1 heterocycles. The fraction of sp³-hybridized carbons (Fsp3) is 0.267. The lowest BCUT2D eigenvalue weighted by atomic mass is 10.1. The lowest BCUT2D eigenvalue weighted by molar-refractivity contribution is 0.326. The second-order valence-electron chi connectivity index (χ2n) is 4.71. The summed E-state index contributed by atoms with van der Waals surface area (Å²) in [6.07, 6.45) is 0.977. The molecule has 1 aromatic carbocycles. The quantitative estimate of drug-likeness (QED) is 0.831. The van der Waals surface area contributed by atoms with E-state index < -0.39 is 0 Å². The molecule has 0 saturated carbocycles. The third-order valence-electron chi connectivity index (χ3n) is 3.10. The van der Waals surface area contributed by atoms with Gasteiger partial charge in [0.05, 0.1) is 0 Å². The van der Waals surface area contributed by atoms with Crippen molar-refractivity contribution >= 4 is 28.5 Å². The second kappa shape index (κ2) is 6.92. The van der Waals surface area contributed by atoms with E-state index in [0.29, 0.717) is 17.7 Å². The van der Waals surface area contributed by atoms with Crippen LogP contribution in [0.5, 0.6) is 0 Å². The van der Waals surface area contributed by atoms with Crippen molar-refractivity contribution in [3.05, 3.63) is 57.5 Å². The van der Waals surface area contributed by atoms with Crippen molar-refractivity contribution in [1.29, 1.82) is 0 Å². The Balaban J connectivity index is 1.99. The van der Waals surface area contributed by atoms with Crippen molar-refractivity contribution in [2.75, 3.05) is 13.6 Å². The fourth-order valence-electron chi connectivity index (χ4n) is 2.02. The zero-order valence-electron chi connectivity index (χ0n) is 11.3. The number of hydrogen-bond donors (Lipinski definition) is 1. The van der Waals surface area contributed by atoms with Gasteiger partial charge in [-0.25, -0.2) is 4.39 Å². The van der Waals surface area contributed by atoms with Gasteiger partial charge in [-0.3, -0.25) is 0 Å². The summed E-state index contributed by atoms with van der Waals surface area (Å²) in [4.78, 5) is 3.54. The number of thiocarbonyl (C=S) groups is 1. The molecule has 0 atom stereocenters. The van der Waals surface area contributed by atoms with Gasteiger partial charge in [-0.15, -0.1) is 11.3 Å². The van der Waals surface area contributed by atoms with Gasteiger partial charge in [-0.2, -0.15) is 0 Å². The minimum atomic E-state index is -0.303. The number of nitrogens with zero attached hydrogens (tertiary/aromatic N) is 1. The highest BCUT2D eigenvalue weighted by molar-refractivity contribution is 7.80. The van der Waals surface area contributed by atoms with Gasteiger partial charge in [0, 0.05) is 29.1 Å². The average molecular weight is 308 g/mol. The van der Waals surface area contributed by atoms with Gasteiger partial charge in [0.25, 0.3) is 0 Å². The van der Waals surface area contributed by atoms with E-state index in [0.717, 1.165) is 13.0 Å². The van der Waals surface area contributed by atoms with E-state index in [2.05, 4.69) is 16.3 Å². The van der Waals surface area contributed by atoms with E-state index in [-0.39, 0.29) is 10.8 Å². The average Bonchev–Trinajstić information content (AvgIpc) is 2.91. The molecule has 0 saturated heterocycles. The number of halogens is 1. The van der Waals surface area contributed by atoms with Crippen molar-refractivity contribution in [3.63, 3.8) is 0 Å². The maximum Gasteiger partial charge on any atom is 0.137 e. The summed E-state index contributed by atoms with van der Waals surface area (Å²) >= 11 is 6.60. The Morgan fingerprint density at radius 1 is 1.35 bits per heavy atom. The van der Waals surface area contributed by atoms with Crippen LogP contribution in [-0.2, 0) is 13.0 Å². The monoisotopic (exact) mass is 308 g/mol. The molecule has 20 heavy (non-hydrogen) atoms.